The number of thiophene rings is 1. The molecule has 1 N–H and O–H groups in total. The van der Waals surface area contributed by atoms with Crippen molar-refractivity contribution in [3.8, 4) is 11.5 Å². The van der Waals surface area contributed by atoms with E-state index in [0.29, 0.717) is 11.7 Å². The Bertz CT molecular complexity index is 809. The Kier molecular flexibility index (Phi) is 4.43. The van der Waals surface area contributed by atoms with E-state index in [1.807, 2.05) is 23.5 Å². The second-order valence-corrected chi connectivity index (χ2v) is 6.72. The molecule has 0 saturated carbocycles. The molecule has 3 heterocycles. The second kappa shape index (κ2) is 6.50. The molecule has 3 aromatic heterocycles. The zero-order valence-corrected chi connectivity index (χ0v) is 14.6. The fourth-order valence-electron chi connectivity index (χ4n) is 2.46. The molecule has 3 rings (SSSR count). The third-order valence-electron chi connectivity index (χ3n) is 3.69. The first-order valence-electron chi connectivity index (χ1n) is 7.69. The van der Waals surface area contributed by atoms with Crippen molar-refractivity contribution in [2.24, 2.45) is 0 Å². The van der Waals surface area contributed by atoms with Crippen LogP contribution in [0.1, 0.15) is 41.0 Å². The zero-order valence-electron chi connectivity index (χ0n) is 13.8. The summed E-state index contributed by atoms with van der Waals surface area (Å²) in [6.45, 7) is 8.32. The van der Waals surface area contributed by atoms with Gasteiger partial charge in [-0.15, -0.1) is 11.3 Å². The molecule has 1 unspecified atom stereocenters. The fraction of sp³-hybridized carbons (Fsp3) is 0.353. The maximum absolute atomic E-state index is 5.21. The van der Waals surface area contributed by atoms with Gasteiger partial charge in [-0.2, -0.15) is 4.98 Å². The van der Waals surface area contributed by atoms with Crippen LogP contribution in [0.4, 0.5) is 5.82 Å². The van der Waals surface area contributed by atoms with Crippen LogP contribution in [0.2, 0.25) is 0 Å². The van der Waals surface area contributed by atoms with Crippen molar-refractivity contribution in [2.45, 2.75) is 40.2 Å². The summed E-state index contributed by atoms with van der Waals surface area (Å²) in [5, 5.41) is 7.28. The molecule has 0 aromatic carbocycles. The number of aryl methyl sites for hydroxylation is 3. The molecule has 0 saturated heterocycles. The summed E-state index contributed by atoms with van der Waals surface area (Å²) < 4.78 is 5.21. The molecule has 0 aliphatic carbocycles. The van der Waals surface area contributed by atoms with Gasteiger partial charge in [0.2, 0.25) is 0 Å². The van der Waals surface area contributed by atoms with Gasteiger partial charge in [0.25, 0.3) is 5.89 Å². The van der Waals surface area contributed by atoms with E-state index in [4.69, 9.17) is 4.52 Å². The number of pyridine rings is 1. The normalized spacial score (nSPS) is 12.3. The number of rotatable bonds is 5. The van der Waals surface area contributed by atoms with E-state index in [1.54, 1.807) is 13.1 Å². The SMILES string of the molecule is CCc1sc(C(C)Nc2cc(-c3nc(C)no3)ccn2)cc1C. The van der Waals surface area contributed by atoms with Crippen LogP contribution < -0.4 is 5.32 Å². The van der Waals surface area contributed by atoms with Gasteiger partial charge in [0, 0.05) is 21.5 Å². The lowest BCUT2D eigenvalue weighted by Crippen LogP contribution is -2.06. The van der Waals surface area contributed by atoms with Crippen LogP contribution in [0.25, 0.3) is 11.5 Å². The van der Waals surface area contributed by atoms with E-state index in [0.717, 1.165) is 17.8 Å². The molecule has 5 nitrogen and oxygen atoms in total. The van der Waals surface area contributed by atoms with Crippen LogP contribution in [0.5, 0.6) is 0 Å². The first-order valence-corrected chi connectivity index (χ1v) is 8.51. The lowest BCUT2D eigenvalue weighted by molar-refractivity contribution is 0.425. The predicted molar refractivity (Wildman–Crippen MR) is 92.7 cm³/mol. The monoisotopic (exact) mass is 328 g/mol. The van der Waals surface area contributed by atoms with Crippen molar-refractivity contribution in [2.75, 3.05) is 5.32 Å². The molecule has 0 fully saturated rings. The Morgan fingerprint density at radius 1 is 1.30 bits per heavy atom. The summed E-state index contributed by atoms with van der Waals surface area (Å²) in [6.07, 6.45) is 2.83. The molecule has 0 amide bonds. The highest BCUT2D eigenvalue weighted by molar-refractivity contribution is 7.12. The Labute approximate surface area is 139 Å². The Morgan fingerprint density at radius 2 is 2.13 bits per heavy atom. The lowest BCUT2D eigenvalue weighted by Gasteiger charge is -2.13. The van der Waals surface area contributed by atoms with Crippen LogP contribution in [0.3, 0.4) is 0 Å². The van der Waals surface area contributed by atoms with Crippen molar-refractivity contribution >= 4 is 17.2 Å². The fourth-order valence-corrected chi connectivity index (χ4v) is 3.58. The summed E-state index contributed by atoms with van der Waals surface area (Å²) in [6, 6.07) is 6.26. The van der Waals surface area contributed by atoms with Gasteiger partial charge in [-0.25, -0.2) is 4.98 Å². The Balaban J connectivity index is 1.79. The minimum atomic E-state index is 0.200. The third kappa shape index (κ3) is 3.42. The van der Waals surface area contributed by atoms with Crippen LogP contribution >= 0.6 is 11.3 Å². The van der Waals surface area contributed by atoms with E-state index in [-0.39, 0.29) is 6.04 Å². The van der Waals surface area contributed by atoms with Crippen LogP contribution in [0.15, 0.2) is 28.9 Å². The highest BCUT2D eigenvalue weighted by Crippen LogP contribution is 2.30. The summed E-state index contributed by atoms with van der Waals surface area (Å²) in [5.74, 6) is 1.94. The first-order chi connectivity index (χ1) is 11.1. The van der Waals surface area contributed by atoms with Crippen molar-refractivity contribution in [3.05, 3.63) is 45.5 Å². The maximum Gasteiger partial charge on any atom is 0.258 e. The molecular weight excluding hydrogens is 308 g/mol. The third-order valence-corrected chi connectivity index (χ3v) is 5.25. The largest absolute Gasteiger partial charge is 0.363 e. The lowest BCUT2D eigenvalue weighted by atomic mass is 10.2. The minimum absolute atomic E-state index is 0.200. The molecule has 0 spiro atoms. The number of anilines is 1. The standard InChI is InChI=1S/C17H20N4OS/c1-5-14-10(2)8-15(23-14)11(3)19-16-9-13(6-7-18-16)17-20-12(4)21-22-17/h6-9,11H,5H2,1-4H3,(H,18,19). The molecule has 0 aliphatic heterocycles. The topological polar surface area (TPSA) is 63.8 Å². The molecule has 0 bridgehead atoms. The van der Waals surface area contributed by atoms with E-state index < -0.39 is 0 Å². The molecule has 3 aromatic rings. The zero-order chi connectivity index (χ0) is 16.4. The van der Waals surface area contributed by atoms with Gasteiger partial charge in [-0.05, 0) is 51.0 Å². The van der Waals surface area contributed by atoms with Crippen molar-refractivity contribution in [1.82, 2.24) is 15.1 Å². The van der Waals surface area contributed by atoms with Gasteiger partial charge in [-0.1, -0.05) is 12.1 Å². The average molecular weight is 328 g/mol. The molecule has 1 atom stereocenters. The Hall–Kier alpha value is -2.21. The summed E-state index contributed by atoms with van der Waals surface area (Å²) in [7, 11) is 0. The Morgan fingerprint density at radius 3 is 2.78 bits per heavy atom. The van der Waals surface area contributed by atoms with Crippen molar-refractivity contribution in [3.63, 3.8) is 0 Å². The smallest absolute Gasteiger partial charge is 0.258 e. The van der Waals surface area contributed by atoms with E-state index >= 15 is 0 Å². The second-order valence-electron chi connectivity index (χ2n) is 5.55. The van der Waals surface area contributed by atoms with Gasteiger partial charge in [-0.3, -0.25) is 0 Å². The van der Waals surface area contributed by atoms with Crippen molar-refractivity contribution < 1.29 is 4.52 Å². The molecule has 0 aliphatic rings. The van der Waals surface area contributed by atoms with Crippen molar-refractivity contribution in [1.29, 1.82) is 0 Å². The summed E-state index contributed by atoms with van der Waals surface area (Å²) in [4.78, 5) is 11.4. The van der Waals surface area contributed by atoms with Crippen LogP contribution in [-0.4, -0.2) is 15.1 Å². The maximum atomic E-state index is 5.21. The highest BCUT2D eigenvalue weighted by Gasteiger charge is 2.13. The molecule has 120 valence electrons. The van der Waals surface area contributed by atoms with E-state index in [9.17, 15) is 0 Å². The predicted octanol–water partition coefficient (Wildman–Crippen LogP) is 4.55. The average Bonchev–Trinajstić information content (AvgIpc) is 3.13. The minimum Gasteiger partial charge on any atom is -0.363 e. The van der Waals surface area contributed by atoms with Gasteiger partial charge in [0.1, 0.15) is 5.82 Å². The van der Waals surface area contributed by atoms with Crippen LogP contribution in [0, 0.1) is 13.8 Å². The number of aromatic nitrogens is 3. The van der Waals surface area contributed by atoms with E-state index in [2.05, 4.69) is 47.3 Å². The summed E-state index contributed by atoms with van der Waals surface area (Å²) in [5.41, 5.74) is 2.23. The number of nitrogens with zero attached hydrogens (tertiary/aromatic N) is 3. The number of hydrogen-bond acceptors (Lipinski definition) is 6. The quantitative estimate of drug-likeness (QED) is 0.744. The van der Waals surface area contributed by atoms with Gasteiger partial charge >= 0.3 is 0 Å². The van der Waals surface area contributed by atoms with Gasteiger partial charge in [0.15, 0.2) is 5.82 Å². The van der Waals surface area contributed by atoms with Crippen LogP contribution in [-0.2, 0) is 6.42 Å². The molecular formula is C17H20N4OS. The number of hydrogen-bond donors (Lipinski definition) is 1. The first kappa shape index (κ1) is 15.7. The molecule has 0 radical (unpaired) electrons. The van der Waals surface area contributed by atoms with Gasteiger partial charge < -0.3 is 9.84 Å². The highest BCUT2D eigenvalue weighted by atomic mass is 32.1. The van der Waals surface area contributed by atoms with E-state index in [1.165, 1.54) is 15.3 Å². The number of nitrogens with one attached hydrogen (secondary N) is 1. The summed E-state index contributed by atoms with van der Waals surface area (Å²) >= 11 is 1.86. The molecule has 6 heteroatoms. The molecule has 23 heavy (non-hydrogen) atoms. The van der Waals surface area contributed by atoms with Gasteiger partial charge in [0.05, 0.1) is 6.04 Å².